The first kappa shape index (κ1) is 18.6. The molecule has 1 N–H and O–H groups in total. The normalized spacial score (nSPS) is 10.8. The van der Waals surface area contributed by atoms with E-state index in [9.17, 15) is 4.79 Å². The highest BCUT2D eigenvalue weighted by atomic mass is 16.5. The van der Waals surface area contributed by atoms with E-state index in [1.807, 2.05) is 80.6 Å². The Morgan fingerprint density at radius 2 is 1.80 bits per heavy atom. The van der Waals surface area contributed by atoms with Gasteiger partial charge in [-0.15, -0.1) is 0 Å². The van der Waals surface area contributed by atoms with E-state index < -0.39 is 6.09 Å². The molecule has 0 aliphatic carbocycles. The van der Waals surface area contributed by atoms with Crippen molar-refractivity contribution in [2.45, 2.75) is 33.0 Å². The predicted molar refractivity (Wildman–Crippen MR) is 100 cm³/mol. The molecule has 0 saturated heterocycles. The summed E-state index contributed by atoms with van der Waals surface area (Å²) in [5.41, 5.74) is 2.00. The Morgan fingerprint density at radius 3 is 2.56 bits per heavy atom. The van der Waals surface area contributed by atoms with Gasteiger partial charge in [-0.1, -0.05) is 60.7 Å². The van der Waals surface area contributed by atoms with Crippen molar-refractivity contribution in [3.05, 3.63) is 71.8 Å². The molecule has 1 amide bonds. The third kappa shape index (κ3) is 7.12. The standard InChI is InChI=1S/C21H25NO3/c1-17(2)25-20-14-7-6-12-19(20)13-8-9-15-22-21(23)24-16-18-10-4-3-5-11-18/h3-8,10-14,17H,9,15-16H2,1-2H3,(H,22,23). The molecule has 4 heteroatoms. The van der Waals surface area contributed by atoms with E-state index in [0.29, 0.717) is 6.54 Å². The summed E-state index contributed by atoms with van der Waals surface area (Å²) >= 11 is 0. The van der Waals surface area contributed by atoms with Crippen molar-refractivity contribution in [3.63, 3.8) is 0 Å². The summed E-state index contributed by atoms with van der Waals surface area (Å²) in [4.78, 5) is 11.6. The fourth-order valence-electron chi connectivity index (χ4n) is 2.22. The maximum absolute atomic E-state index is 11.6. The third-order valence-electron chi connectivity index (χ3n) is 3.37. The summed E-state index contributed by atoms with van der Waals surface area (Å²) in [5, 5.41) is 2.74. The van der Waals surface area contributed by atoms with E-state index in [1.165, 1.54) is 0 Å². The smallest absolute Gasteiger partial charge is 0.407 e. The molecule has 2 aromatic carbocycles. The Balaban J connectivity index is 1.70. The van der Waals surface area contributed by atoms with Gasteiger partial charge in [-0.05, 0) is 31.9 Å². The van der Waals surface area contributed by atoms with Gasteiger partial charge in [-0.2, -0.15) is 0 Å². The molecule has 0 spiro atoms. The van der Waals surface area contributed by atoms with Crippen LogP contribution < -0.4 is 10.1 Å². The Kier molecular flexibility index (Phi) is 7.57. The largest absolute Gasteiger partial charge is 0.490 e. The van der Waals surface area contributed by atoms with Crippen molar-refractivity contribution >= 4 is 12.2 Å². The van der Waals surface area contributed by atoms with Crippen molar-refractivity contribution in [1.82, 2.24) is 5.32 Å². The predicted octanol–water partition coefficient (Wildman–Crippen LogP) is 4.80. The number of hydrogen-bond donors (Lipinski definition) is 1. The van der Waals surface area contributed by atoms with Gasteiger partial charge in [0.15, 0.2) is 0 Å². The van der Waals surface area contributed by atoms with Gasteiger partial charge in [0.2, 0.25) is 0 Å². The lowest BCUT2D eigenvalue weighted by molar-refractivity contribution is 0.140. The molecule has 0 bridgehead atoms. The summed E-state index contributed by atoms with van der Waals surface area (Å²) in [6, 6.07) is 17.5. The van der Waals surface area contributed by atoms with Crippen LogP contribution in [0.5, 0.6) is 5.75 Å². The van der Waals surface area contributed by atoms with Crippen LogP contribution in [0.3, 0.4) is 0 Å². The fourth-order valence-corrected chi connectivity index (χ4v) is 2.22. The van der Waals surface area contributed by atoms with Gasteiger partial charge in [0.25, 0.3) is 0 Å². The molecule has 0 heterocycles. The van der Waals surface area contributed by atoms with E-state index in [0.717, 1.165) is 23.3 Å². The first-order valence-corrected chi connectivity index (χ1v) is 8.52. The van der Waals surface area contributed by atoms with Crippen LogP contribution in [0.2, 0.25) is 0 Å². The Labute approximate surface area is 149 Å². The second kappa shape index (κ2) is 10.2. The number of benzene rings is 2. The van der Waals surface area contributed by atoms with Crippen molar-refractivity contribution in [1.29, 1.82) is 0 Å². The van der Waals surface area contributed by atoms with E-state index >= 15 is 0 Å². The summed E-state index contributed by atoms with van der Waals surface area (Å²) in [7, 11) is 0. The second-order valence-electron chi connectivity index (χ2n) is 5.88. The summed E-state index contributed by atoms with van der Waals surface area (Å²) in [6.45, 7) is 4.82. The van der Waals surface area contributed by atoms with Crippen molar-refractivity contribution in [2.24, 2.45) is 0 Å². The average Bonchev–Trinajstić information content (AvgIpc) is 2.61. The fraction of sp³-hybridized carbons (Fsp3) is 0.286. The van der Waals surface area contributed by atoms with E-state index in [-0.39, 0.29) is 12.7 Å². The van der Waals surface area contributed by atoms with Gasteiger partial charge in [0.1, 0.15) is 12.4 Å². The minimum absolute atomic E-state index is 0.135. The van der Waals surface area contributed by atoms with E-state index in [1.54, 1.807) is 0 Å². The lowest BCUT2D eigenvalue weighted by Crippen LogP contribution is -2.24. The Hall–Kier alpha value is -2.75. The minimum Gasteiger partial charge on any atom is -0.490 e. The highest BCUT2D eigenvalue weighted by molar-refractivity contribution is 5.67. The number of amides is 1. The van der Waals surface area contributed by atoms with Crippen molar-refractivity contribution in [2.75, 3.05) is 6.54 Å². The van der Waals surface area contributed by atoms with Crippen LogP contribution in [0, 0.1) is 0 Å². The van der Waals surface area contributed by atoms with Gasteiger partial charge in [-0.25, -0.2) is 4.79 Å². The molecule has 132 valence electrons. The van der Waals surface area contributed by atoms with Crippen LogP contribution in [0.1, 0.15) is 31.4 Å². The molecule has 0 aliphatic heterocycles. The monoisotopic (exact) mass is 339 g/mol. The molecular weight excluding hydrogens is 314 g/mol. The lowest BCUT2D eigenvalue weighted by atomic mass is 10.1. The van der Waals surface area contributed by atoms with Crippen LogP contribution in [0.4, 0.5) is 4.79 Å². The first-order valence-electron chi connectivity index (χ1n) is 8.52. The third-order valence-corrected chi connectivity index (χ3v) is 3.37. The zero-order chi connectivity index (χ0) is 17.9. The van der Waals surface area contributed by atoms with Gasteiger partial charge >= 0.3 is 6.09 Å². The summed E-state index contributed by atoms with van der Waals surface area (Å²) < 4.78 is 10.9. The van der Waals surface area contributed by atoms with Crippen molar-refractivity contribution < 1.29 is 14.3 Å². The van der Waals surface area contributed by atoms with E-state index in [2.05, 4.69) is 5.32 Å². The Morgan fingerprint density at radius 1 is 1.08 bits per heavy atom. The molecule has 2 rings (SSSR count). The quantitative estimate of drug-likeness (QED) is 0.703. The topological polar surface area (TPSA) is 47.6 Å². The van der Waals surface area contributed by atoms with Gasteiger partial charge in [-0.3, -0.25) is 0 Å². The number of alkyl carbamates (subject to hydrolysis) is 1. The lowest BCUT2D eigenvalue weighted by Gasteiger charge is -2.12. The van der Waals surface area contributed by atoms with Gasteiger partial charge in [0, 0.05) is 12.1 Å². The zero-order valence-electron chi connectivity index (χ0n) is 14.8. The van der Waals surface area contributed by atoms with Gasteiger partial charge in [0.05, 0.1) is 6.10 Å². The molecule has 0 atom stereocenters. The van der Waals surface area contributed by atoms with Gasteiger partial charge < -0.3 is 14.8 Å². The summed E-state index contributed by atoms with van der Waals surface area (Å²) in [6.07, 6.45) is 4.47. The Bertz CT molecular complexity index is 681. The highest BCUT2D eigenvalue weighted by Crippen LogP contribution is 2.20. The van der Waals surface area contributed by atoms with Crippen LogP contribution in [-0.2, 0) is 11.3 Å². The number of rotatable bonds is 8. The molecule has 0 radical (unpaired) electrons. The van der Waals surface area contributed by atoms with Crippen LogP contribution in [0.15, 0.2) is 60.7 Å². The zero-order valence-corrected chi connectivity index (χ0v) is 14.8. The number of carbonyl (C=O) groups is 1. The molecule has 4 nitrogen and oxygen atoms in total. The maximum Gasteiger partial charge on any atom is 0.407 e. The SMILES string of the molecule is CC(C)Oc1ccccc1C=CCCNC(=O)OCc1ccccc1. The molecule has 25 heavy (non-hydrogen) atoms. The number of hydrogen-bond acceptors (Lipinski definition) is 3. The maximum atomic E-state index is 11.6. The summed E-state index contributed by atoms with van der Waals surface area (Å²) in [5.74, 6) is 0.865. The molecular formula is C21H25NO3. The molecule has 0 aliphatic rings. The van der Waals surface area contributed by atoms with Crippen LogP contribution in [-0.4, -0.2) is 18.7 Å². The van der Waals surface area contributed by atoms with Crippen molar-refractivity contribution in [3.8, 4) is 5.75 Å². The number of ether oxygens (including phenoxy) is 2. The molecule has 0 saturated carbocycles. The molecule has 0 fully saturated rings. The second-order valence-corrected chi connectivity index (χ2v) is 5.88. The molecule has 2 aromatic rings. The highest BCUT2D eigenvalue weighted by Gasteiger charge is 2.02. The van der Waals surface area contributed by atoms with Crippen LogP contribution >= 0.6 is 0 Å². The minimum atomic E-state index is -0.402. The molecule has 0 aromatic heterocycles. The number of carbonyl (C=O) groups excluding carboxylic acids is 1. The van der Waals surface area contributed by atoms with E-state index in [4.69, 9.17) is 9.47 Å². The number of para-hydroxylation sites is 1. The average molecular weight is 339 g/mol. The first-order chi connectivity index (χ1) is 12.1. The number of nitrogens with one attached hydrogen (secondary N) is 1. The van der Waals surface area contributed by atoms with Crippen LogP contribution in [0.25, 0.3) is 6.08 Å². The molecule has 0 unspecified atom stereocenters.